The molecule has 2 aliphatic rings. The number of aliphatic hydroxyl groups is 1. The average Bonchev–Trinajstić information content (AvgIpc) is 2.69. The van der Waals surface area contributed by atoms with Crippen molar-refractivity contribution >= 4 is 0 Å². The van der Waals surface area contributed by atoms with E-state index in [1.165, 1.54) is 25.7 Å². The van der Waals surface area contributed by atoms with Gasteiger partial charge in [0.25, 0.3) is 0 Å². The van der Waals surface area contributed by atoms with Crippen molar-refractivity contribution in [2.24, 2.45) is 0 Å². The first-order valence-corrected chi connectivity index (χ1v) is 5.89. The van der Waals surface area contributed by atoms with E-state index >= 15 is 0 Å². The maximum absolute atomic E-state index is 9.74. The Balaban J connectivity index is 1.67. The van der Waals surface area contributed by atoms with Crippen molar-refractivity contribution in [3.8, 4) is 0 Å². The second-order valence-electron chi connectivity index (χ2n) is 4.50. The van der Waals surface area contributed by atoms with Crippen LogP contribution in [0.1, 0.15) is 38.5 Å². The van der Waals surface area contributed by atoms with Gasteiger partial charge in [0.1, 0.15) is 0 Å². The Morgan fingerprint density at radius 3 is 2.71 bits per heavy atom. The van der Waals surface area contributed by atoms with Crippen molar-refractivity contribution in [2.45, 2.75) is 56.8 Å². The molecule has 0 amide bonds. The van der Waals surface area contributed by atoms with Crippen molar-refractivity contribution in [2.75, 3.05) is 13.2 Å². The molecule has 0 aromatic carbocycles. The molecule has 0 radical (unpaired) electrons. The lowest BCUT2D eigenvalue weighted by Gasteiger charge is -2.29. The molecule has 2 fully saturated rings. The molecule has 1 aliphatic heterocycles. The predicted octanol–water partition coefficient (Wildman–Crippen LogP) is 1.06. The number of ether oxygens (including phenoxy) is 1. The van der Waals surface area contributed by atoms with Crippen molar-refractivity contribution < 1.29 is 9.84 Å². The summed E-state index contributed by atoms with van der Waals surface area (Å²) in [6, 6.07) is 0.313. The van der Waals surface area contributed by atoms with Gasteiger partial charge in [-0.05, 0) is 25.7 Å². The monoisotopic (exact) mass is 199 g/mol. The molecule has 2 N–H and O–H groups in total. The highest BCUT2D eigenvalue weighted by atomic mass is 16.5. The Morgan fingerprint density at radius 1 is 1.14 bits per heavy atom. The Hall–Kier alpha value is -0.120. The normalized spacial score (nSPS) is 38.8. The van der Waals surface area contributed by atoms with Gasteiger partial charge in [-0.3, -0.25) is 0 Å². The van der Waals surface area contributed by atoms with Gasteiger partial charge >= 0.3 is 0 Å². The van der Waals surface area contributed by atoms with Crippen molar-refractivity contribution in [3.05, 3.63) is 0 Å². The summed E-state index contributed by atoms with van der Waals surface area (Å²) in [5.41, 5.74) is 0. The smallest absolute Gasteiger partial charge is 0.0700 e. The van der Waals surface area contributed by atoms with E-state index in [9.17, 15) is 5.11 Å². The lowest BCUT2D eigenvalue weighted by atomic mass is 9.92. The van der Waals surface area contributed by atoms with Crippen LogP contribution in [0.4, 0.5) is 0 Å². The highest BCUT2D eigenvalue weighted by Crippen LogP contribution is 2.19. The molecule has 0 aromatic heterocycles. The molecule has 3 atom stereocenters. The van der Waals surface area contributed by atoms with Gasteiger partial charge < -0.3 is 15.2 Å². The number of hydrogen-bond acceptors (Lipinski definition) is 3. The van der Waals surface area contributed by atoms with Crippen LogP contribution in [0, 0.1) is 0 Å². The first-order valence-electron chi connectivity index (χ1n) is 5.89. The zero-order valence-electron chi connectivity index (χ0n) is 8.74. The summed E-state index contributed by atoms with van der Waals surface area (Å²) in [7, 11) is 0. The molecule has 1 saturated carbocycles. The lowest BCUT2D eigenvalue weighted by molar-refractivity contribution is 0.0696. The molecule has 3 heteroatoms. The molecule has 2 rings (SSSR count). The average molecular weight is 199 g/mol. The molecule has 3 nitrogen and oxygen atoms in total. The van der Waals surface area contributed by atoms with Gasteiger partial charge in [0.2, 0.25) is 0 Å². The second-order valence-corrected chi connectivity index (χ2v) is 4.50. The summed E-state index contributed by atoms with van der Waals surface area (Å²) in [6.07, 6.45) is 7.14. The van der Waals surface area contributed by atoms with Crippen LogP contribution in [0.3, 0.4) is 0 Å². The van der Waals surface area contributed by atoms with Gasteiger partial charge in [-0.15, -0.1) is 0 Å². The summed E-state index contributed by atoms with van der Waals surface area (Å²) in [5, 5.41) is 13.2. The predicted molar refractivity (Wildman–Crippen MR) is 55.2 cm³/mol. The van der Waals surface area contributed by atoms with Gasteiger partial charge in [-0.2, -0.15) is 0 Å². The maximum Gasteiger partial charge on any atom is 0.0700 e. The minimum Gasteiger partial charge on any atom is -0.392 e. The van der Waals surface area contributed by atoms with Crippen LogP contribution in [-0.4, -0.2) is 36.5 Å². The fourth-order valence-electron chi connectivity index (χ4n) is 2.44. The lowest BCUT2D eigenvalue weighted by Crippen LogP contribution is -2.44. The minimum absolute atomic E-state index is 0.134. The van der Waals surface area contributed by atoms with Gasteiger partial charge in [-0.1, -0.05) is 12.8 Å². The third kappa shape index (κ3) is 2.69. The number of hydrogen-bond donors (Lipinski definition) is 2. The topological polar surface area (TPSA) is 41.5 Å². The van der Waals surface area contributed by atoms with Crippen molar-refractivity contribution in [1.82, 2.24) is 5.32 Å². The molecule has 0 aromatic rings. The van der Waals surface area contributed by atoms with Crippen LogP contribution in [-0.2, 0) is 4.74 Å². The van der Waals surface area contributed by atoms with Crippen LogP contribution in [0.25, 0.3) is 0 Å². The molecule has 14 heavy (non-hydrogen) atoms. The fraction of sp³-hybridized carbons (Fsp3) is 1.00. The summed E-state index contributed by atoms with van der Waals surface area (Å²) in [4.78, 5) is 0. The van der Waals surface area contributed by atoms with E-state index in [1.807, 2.05) is 0 Å². The molecule has 1 unspecified atom stereocenters. The van der Waals surface area contributed by atoms with Gasteiger partial charge in [0, 0.05) is 19.2 Å². The van der Waals surface area contributed by atoms with Gasteiger partial charge in [-0.25, -0.2) is 0 Å². The molecular formula is C11H21NO2. The van der Waals surface area contributed by atoms with Gasteiger partial charge in [0.05, 0.1) is 12.2 Å². The zero-order chi connectivity index (χ0) is 9.80. The van der Waals surface area contributed by atoms with E-state index in [0.29, 0.717) is 12.1 Å². The van der Waals surface area contributed by atoms with Crippen molar-refractivity contribution in [1.29, 1.82) is 0 Å². The van der Waals surface area contributed by atoms with Gasteiger partial charge in [0.15, 0.2) is 0 Å². The van der Waals surface area contributed by atoms with Crippen LogP contribution >= 0.6 is 0 Å². The molecular weight excluding hydrogens is 178 g/mol. The quantitative estimate of drug-likeness (QED) is 0.714. The summed E-state index contributed by atoms with van der Waals surface area (Å²) in [6.45, 7) is 1.83. The summed E-state index contributed by atoms with van der Waals surface area (Å²) >= 11 is 0. The van der Waals surface area contributed by atoms with Crippen molar-refractivity contribution in [3.63, 3.8) is 0 Å². The number of aliphatic hydroxyl groups excluding tert-OH is 1. The maximum atomic E-state index is 9.74. The van der Waals surface area contributed by atoms with E-state index in [1.54, 1.807) is 0 Å². The standard InChI is InChI=1S/C11H21NO2/c13-11-6-2-1-5-10(11)12-8-9-4-3-7-14-9/h9-13H,1-8H2/t9?,10-,11-/m1/s1. The zero-order valence-corrected chi connectivity index (χ0v) is 8.74. The number of rotatable bonds is 3. The highest BCUT2D eigenvalue weighted by Gasteiger charge is 2.24. The first-order chi connectivity index (χ1) is 6.86. The third-order valence-corrected chi connectivity index (χ3v) is 3.36. The van der Waals surface area contributed by atoms with E-state index in [-0.39, 0.29) is 6.10 Å². The van der Waals surface area contributed by atoms with Crippen LogP contribution < -0.4 is 5.32 Å². The van der Waals surface area contributed by atoms with Crippen LogP contribution in [0.5, 0.6) is 0 Å². The van der Waals surface area contributed by atoms with E-state index < -0.39 is 0 Å². The van der Waals surface area contributed by atoms with Crippen LogP contribution in [0.2, 0.25) is 0 Å². The Morgan fingerprint density at radius 2 is 2.00 bits per heavy atom. The Bertz CT molecular complexity index is 169. The van der Waals surface area contributed by atoms with E-state index in [0.717, 1.165) is 26.0 Å². The first kappa shape index (κ1) is 10.4. The molecule has 1 aliphatic carbocycles. The number of nitrogens with one attached hydrogen (secondary N) is 1. The SMILES string of the molecule is O[C@@H]1CCCC[C@H]1NCC1CCCO1. The molecule has 1 heterocycles. The molecule has 82 valence electrons. The van der Waals surface area contributed by atoms with E-state index in [2.05, 4.69) is 5.32 Å². The largest absolute Gasteiger partial charge is 0.392 e. The summed E-state index contributed by atoms with van der Waals surface area (Å²) < 4.78 is 5.54. The van der Waals surface area contributed by atoms with E-state index in [4.69, 9.17) is 4.74 Å². The van der Waals surface area contributed by atoms with Crippen LogP contribution in [0.15, 0.2) is 0 Å². The summed E-state index contributed by atoms with van der Waals surface area (Å²) in [5.74, 6) is 0. The molecule has 0 bridgehead atoms. The Labute approximate surface area is 85.8 Å². The second kappa shape index (κ2) is 5.10. The highest BCUT2D eigenvalue weighted by molar-refractivity contribution is 4.81. The molecule has 0 spiro atoms. The fourth-order valence-corrected chi connectivity index (χ4v) is 2.44. The molecule has 1 saturated heterocycles. The third-order valence-electron chi connectivity index (χ3n) is 3.36. The Kier molecular flexibility index (Phi) is 3.79. The minimum atomic E-state index is -0.134.